The molecule has 2 saturated heterocycles. The van der Waals surface area contributed by atoms with E-state index in [1.165, 1.54) is 12.0 Å². The van der Waals surface area contributed by atoms with Crippen molar-refractivity contribution in [3.05, 3.63) is 83.9 Å². The molecule has 6 amide bonds. The molecule has 2 heterocycles. The predicted molar refractivity (Wildman–Crippen MR) is 256 cm³/mol. The predicted octanol–water partition coefficient (Wildman–Crippen LogP) is 6.76. The van der Waals surface area contributed by atoms with Crippen molar-refractivity contribution >= 4 is 35.8 Å². The van der Waals surface area contributed by atoms with Gasteiger partial charge in [0, 0.05) is 30.2 Å². The Bertz CT molecular complexity index is 1970. The fourth-order valence-electron chi connectivity index (χ4n) is 8.84. The number of hydrogen-bond acceptors (Lipinski definition) is 10. The Hall–Kier alpha value is -5.48. The number of carbonyl (C=O) groups is 6. The summed E-state index contributed by atoms with van der Waals surface area (Å²) in [6.45, 7) is 19.2. The highest BCUT2D eigenvalue weighted by atomic mass is 16.6. The van der Waals surface area contributed by atoms with Crippen LogP contribution in [0, 0.1) is 17.8 Å². The molecule has 6 N–H and O–H groups in total. The molecule has 370 valence electrons. The highest BCUT2D eigenvalue weighted by Crippen LogP contribution is 2.36. The zero-order valence-electron chi connectivity index (χ0n) is 41.4. The summed E-state index contributed by atoms with van der Waals surface area (Å²) in [5.41, 5.74) is -0.184. The molecule has 67 heavy (non-hydrogen) atoms. The van der Waals surface area contributed by atoms with Crippen LogP contribution < -0.4 is 26.6 Å². The molecule has 16 heteroatoms. The number of rotatable bonds is 20. The number of nitrogens with zero attached hydrogens (tertiary/aromatic N) is 2. The second kappa shape index (κ2) is 24.5. The van der Waals surface area contributed by atoms with Gasteiger partial charge in [0.15, 0.2) is 0 Å². The van der Waals surface area contributed by atoms with Crippen LogP contribution in [-0.4, -0.2) is 105 Å². The van der Waals surface area contributed by atoms with Crippen LogP contribution in [0.1, 0.15) is 125 Å². The Labute approximate surface area is 397 Å². The average molecular weight is 932 g/mol. The van der Waals surface area contributed by atoms with Crippen molar-refractivity contribution in [2.75, 3.05) is 13.1 Å². The molecule has 0 saturated carbocycles. The minimum absolute atomic E-state index is 0.0963. The zero-order chi connectivity index (χ0) is 49.5. The van der Waals surface area contributed by atoms with Crippen LogP contribution in [0.3, 0.4) is 0 Å². The molecule has 0 aliphatic carbocycles. The summed E-state index contributed by atoms with van der Waals surface area (Å²) in [6, 6.07) is 17.1. The molecular weight excluding hydrogens is 855 g/mol. The normalized spacial score (nSPS) is 19.2. The van der Waals surface area contributed by atoms with E-state index in [2.05, 4.69) is 40.4 Å². The first-order valence-electron chi connectivity index (χ1n) is 23.8. The lowest BCUT2D eigenvalue weighted by atomic mass is 9.79. The average Bonchev–Trinajstić information content (AvgIpc) is 3.71. The van der Waals surface area contributed by atoms with Gasteiger partial charge in [0.1, 0.15) is 30.3 Å². The van der Waals surface area contributed by atoms with Gasteiger partial charge in [-0.05, 0) is 124 Å². The smallest absolute Gasteiger partial charge is 0.408 e. The maximum absolute atomic E-state index is 14.5. The zero-order valence-corrected chi connectivity index (χ0v) is 41.4. The van der Waals surface area contributed by atoms with Crippen molar-refractivity contribution in [3.8, 4) is 0 Å². The van der Waals surface area contributed by atoms with Crippen LogP contribution in [0.25, 0.3) is 0 Å². The van der Waals surface area contributed by atoms with Gasteiger partial charge in [-0.3, -0.25) is 19.2 Å². The van der Waals surface area contributed by atoms with Crippen molar-refractivity contribution in [1.29, 1.82) is 0 Å². The van der Waals surface area contributed by atoms with Crippen LogP contribution in [0.2, 0.25) is 0 Å². The number of amides is 6. The maximum atomic E-state index is 14.5. The molecule has 0 radical (unpaired) electrons. The molecule has 0 spiro atoms. The summed E-state index contributed by atoms with van der Waals surface area (Å²) in [5.74, 6) is -3.55. The van der Waals surface area contributed by atoms with Gasteiger partial charge in [0.2, 0.25) is 23.6 Å². The highest BCUT2D eigenvalue weighted by Gasteiger charge is 2.46. The van der Waals surface area contributed by atoms with Crippen LogP contribution in [-0.2, 0) is 41.7 Å². The fourth-order valence-corrected chi connectivity index (χ4v) is 8.84. The number of benzene rings is 2. The Morgan fingerprint density at radius 2 is 1.42 bits per heavy atom. The lowest BCUT2D eigenvalue weighted by Gasteiger charge is -2.51. The maximum Gasteiger partial charge on any atom is 0.408 e. The fraction of sp³-hybridized carbons (Fsp3) is 0.608. The lowest BCUT2D eigenvalue weighted by Crippen LogP contribution is -2.64. The van der Waals surface area contributed by atoms with E-state index in [0.717, 1.165) is 11.1 Å². The van der Waals surface area contributed by atoms with Crippen molar-refractivity contribution < 1.29 is 43.4 Å². The first-order chi connectivity index (χ1) is 31.4. The van der Waals surface area contributed by atoms with Crippen LogP contribution >= 0.6 is 0 Å². The van der Waals surface area contributed by atoms with Gasteiger partial charge < -0.3 is 46.2 Å². The summed E-state index contributed by atoms with van der Waals surface area (Å²) in [7, 11) is 0. The summed E-state index contributed by atoms with van der Waals surface area (Å²) < 4.78 is 10.8. The van der Waals surface area contributed by atoms with Crippen molar-refractivity contribution in [3.63, 3.8) is 0 Å². The van der Waals surface area contributed by atoms with Crippen molar-refractivity contribution in [1.82, 2.24) is 36.5 Å². The summed E-state index contributed by atoms with van der Waals surface area (Å²) in [6.07, 6.45) is 5.30. The Morgan fingerprint density at radius 1 is 0.806 bits per heavy atom. The van der Waals surface area contributed by atoms with Gasteiger partial charge in [0.25, 0.3) is 0 Å². The van der Waals surface area contributed by atoms with Gasteiger partial charge in [-0.15, -0.1) is 0 Å². The van der Waals surface area contributed by atoms with Gasteiger partial charge in [0.05, 0.1) is 12.0 Å². The highest BCUT2D eigenvalue weighted by molar-refractivity contribution is 6.01. The van der Waals surface area contributed by atoms with Crippen LogP contribution in [0.4, 0.5) is 9.59 Å². The number of piperidine rings is 1. The third kappa shape index (κ3) is 17.6. The molecule has 0 bridgehead atoms. The standard InChI is InChI=1S/C51H77N7O9/c1-34(2)29-39(54-48(64)67-49(4,5)6)26-25-38(30-36-19-13-11-14-20-36)46(62)57-28-18-24-42(57)56-44(60)35(3)43(59)55-41(23-17-27-52-47(63)66-33-37-21-15-12-16-22-37)45(61)53-40-31-50(7,8)58(65)51(9,10)32-40/h11-16,19-22,25-26,34-35,38-42,65H,17-18,23-24,27-33H2,1-10H3,(H,52,63)(H,53,61)(H,54,64)(H,55,59)(H,56,60)/b26-25+/t35-,38+,39+,41-,42-/m0/s1. The number of hydrogen-bond donors (Lipinski definition) is 6. The molecule has 2 aliphatic heterocycles. The lowest BCUT2D eigenvalue weighted by molar-refractivity contribution is -0.246. The minimum Gasteiger partial charge on any atom is -0.445 e. The molecule has 5 atom stereocenters. The second-order valence-electron chi connectivity index (χ2n) is 20.7. The Morgan fingerprint density at radius 3 is 2.01 bits per heavy atom. The Kier molecular flexibility index (Phi) is 19.8. The van der Waals surface area contributed by atoms with Crippen molar-refractivity contribution in [2.45, 2.75) is 168 Å². The van der Waals surface area contributed by atoms with E-state index in [1.54, 1.807) is 25.7 Å². The van der Waals surface area contributed by atoms with Gasteiger partial charge >= 0.3 is 12.2 Å². The van der Waals surface area contributed by atoms with E-state index in [4.69, 9.17) is 9.47 Å². The monoisotopic (exact) mass is 932 g/mol. The largest absolute Gasteiger partial charge is 0.445 e. The first kappa shape index (κ1) is 54.1. The van der Waals surface area contributed by atoms with Crippen LogP contribution in [0.15, 0.2) is 72.8 Å². The summed E-state index contributed by atoms with van der Waals surface area (Å²) >= 11 is 0. The van der Waals surface area contributed by atoms with E-state index in [1.807, 2.05) is 101 Å². The third-order valence-electron chi connectivity index (χ3n) is 12.0. The van der Waals surface area contributed by atoms with Gasteiger partial charge in [-0.2, -0.15) is 5.06 Å². The van der Waals surface area contributed by atoms with E-state index in [0.29, 0.717) is 51.5 Å². The molecule has 2 aromatic carbocycles. The van der Waals surface area contributed by atoms with Crippen LogP contribution in [0.5, 0.6) is 0 Å². The molecule has 16 nitrogen and oxygen atoms in total. The minimum atomic E-state index is -1.23. The molecule has 2 aromatic rings. The van der Waals surface area contributed by atoms with Gasteiger partial charge in [-0.1, -0.05) is 86.7 Å². The summed E-state index contributed by atoms with van der Waals surface area (Å²) in [5, 5.41) is 26.6. The molecule has 0 aromatic heterocycles. The van der Waals surface area contributed by atoms with E-state index >= 15 is 0 Å². The number of likely N-dealkylation sites (tertiary alicyclic amines) is 1. The third-order valence-corrected chi connectivity index (χ3v) is 12.0. The molecule has 2 aliphatic rings. The number of carbonyl (C=O) groups excluding carboxylic acids is 6. The SMILES string of the molecule is CC(C)C[C@@H](/C=C/[C@H](Cc1ccccc1)C(=O)N1CCC[C@H]1NC(=O)[C@@H](C)C(=O)N[C@@H](CCCNC(=O)OCc1ccccc1)C(=O)NC1CC(C)(C)N(O)C(C)(C)C1)NC(=O)OC(C)(C)C. The quantitative estimate of drug-likeness (QED) is 0.0467. The number of ether oxygens (including phenoxy) is 2. The molecule has 0 unspecified atom stereocenters. The Balaban J connectivity index is 1.45. The number of hydroxylamine groups is 2. The van der Waals surface area contributed by atoms with Gasteiger partial charge in [-0.25, -0.2) is 9.59 Å². The summed E-state index contributed by atoms with van der Waals surface area (Å²) in [4.78, 5) is 83.1. The topological polar surface area (TPSA) is 208 Å². The van der Waals surface area contributed by atoms with Crippen molar-refractivity contribution in [2.24, 2.45) is 17.8 Å². The van der Waals surface area contributed by atoms with E-state index < -0.39 is 76.7 Å². The molecule has 2 fully saturated rings. The molecule has 4 rings (SSSR count). The molecular formula is C51H77N7O9. The second-order valence-corrected chi connectivity index (χ2v) is 20.7. The first-order valence-corrected chi connectivity index (χ1v) is 23.8. The number of alkyl carbamates (subject to hydrolysis) is 2. The van der Waals surface area contributed by atoms with E-state index in [9.17, 15) is 34.0 Å². The number of nitrogens with one attached hydrogen (secondary N) is 5. The van der Waals surface area contributed by atoms with E-state index in [-0.39, 0.29) is 37.4 Å².